The number of tetrazole rings is 1. The first-order chi connectivity index (χ1) is 15.2. The van der Waals surface area contributed by atoms with Crippen LogP contribution in [0.1, 0.15) is 27.3 Å². The minimum absolute atomic E-state index is 0.0497. The van der Waals surface area contributed by atoms with Crippen molar-refractivity contribution in [2.45, 2.75) is 13.1 Å². The van der Waals surface area contributed by atoms with Gasteiger partial charge in [-0.25, -0.2) is 0 Å². The van der Waals surface area contributed by atoms with E-state index < -0.39 is 17.5 Å². The van der Waals surface area contributed by atoms with Gasteiger partial charge in [0.15, 0.2) is 11.6 Å². The third-order valence-electron chi connectivity index (χ3n) is 4.64. The largest absolute Gasteiger partial charge is 0.416 e. The summed E-state index contributed by atoms with van der Waals surface area (Å²) >= 11 is 0. The molecule has 0 saturated carbocycles. The topological polar surface area (TPSA) is 75.9 Å². The monoisotopic (exact) mass is 444 g/mol. The Morgan fingerprint density at radius 3 is 2.53 bits per heavy atom. The van der Waals surface area contributed by atoms with Crippen molar-refractivity contribution in [1.29, 1.82) is 0 Å². The van der Waals surface area contributed by atoms with Crippen LogP contribution in [-0.4, -0.2) is 58.1 Å². The fourth-order valence-corrected chi connectivity index (χ4v) is 2.90. The number of aryl methyl sites for hydroxylation is 1. The maximum Gasteiger partial charge on any atom is 0.416 e. The maximum absolute atomic E-state index is 13.3. The SMILES string of the molecule is Cc1ccc(-n2nnnc2C(=CNCCN(C)C)C(=O)c2cccc(C(F)(F)F)c2)cc1. The third kappa shape index (κ3) is 5.58. The number of halogens is 3. The Balaban J connectivity index is 2.02. The van der Waals surface area contributed by atoms with Crippen molar-refractivity contribution in [3.63, 3.8) is 0 Å². The molecule has 0 aliphatic carbocycles. The highest BCUT2D eigenvalue weighted by Crippen LogP contribution is 2.30. The predicted octanol–water partition coefficient (Wildman–Crippen LogP) is 3.36. The number of alkyl halides is 3. The second-order valence-corrected chi connectivity index (χ2v) is 7.47. The van der Waals surface area contributed by atoms with Crippen LogP contribution in [0.5, 0.6) is 0 Å². The summed E-state index contributed by atoms with van der Waals surface area (Å²) in [6.45, 7) is 3.13. The number of carbonyl (C=O) groups excluding carboxylic acids is 1. The minimum Gasteiger partial charge on any atom is -0.389 e. The van der Waals surface area contributed by atoms with Crippen LogP contribution in [0.4, 0.5) is 13.2 Å². The lowest BCUT2D eigenvalue weighted by Crippen LogP contribution is -2.24. The Hall–Kier alpha value is -3.53. The van der Waals surface area contributed by atoms with E-state index in [4.69, 9.17) is 0 Å². The number of Topliss-reactive ketones (excluding diaryl/α,β-unsaturated/α-hetero) is 1. The van der Waals surface area contributed by atoms with Gasteiger partial charge in [0.25, 0.3) is 0 Å². The van der Waals surface area contributed by atoms with Gasteiger partial charge in [-0.3, -0.25) is 4.79 Å². The Morgan fingerprint density at radius 1 is 1.16 bits per heavy atom. The molecule has 1 aromatic heterocycles. The van der Waals surface area contributed by atoms with Gasteiger partial charge in [0.05, 0.1) is 16.8 Å². The van der Waals surface area contributed by atoms with Gasteiger partial charge in [-0.2, -0.15) is 17.9 Å². The molecule has 0 atom stereocenters. The van der Waals surface area contributed by atoms with E-state index in [1.54, 1.807) is 12.1 Å². The molecule has 3 rings (SSSR count). The fourth-order valence-electron chi connectivity index (χ4n) is 2.90. The van der Waals surface area contributed by atoms with Crippen molar-refractivity contribution < 1.29 is 18.0 Å². The smallest absolute Gasteiger partial charge is 0.389 e. The van der Waals surface area contributed by atoms with Crippen LogP contribution in [0.25, 0.3) is 11.3 Å². The van der Waals surface area contributed by atoms with Crippen molar-refractivity contribution in [2.75, 3.05) is 27.2 Å². The first-order valence-corrected chi connectivity index (χ1v) is 9.83. The van der Waals surface area contributed by atoms with E-state index in [1.165, 1.54) is 23.0 Å². The van der Waals surface area contributed by atoms with Crippen molar-refractivity contribution >= 4 is 11.4 Å². The molecule has 1 heterocycles. The van der Waals surface area contributed by atoms with E-state index in [-0.39, 0.29) is 17.0 Å². The molecular formula is C22H23F3N6O. The summed E-state index contributed by atoms with van der Waals surface area (Å²) in [4.78, 5) is 15.2. The summed E-state index contributed by atoms with van der Waals surface area (Å²) in [6, 6.07) is 11.6. The predicted molar refractivity (Wildman–Crippen MR) is 114 cm³/mol. The molecule has 7 nitrogen and oxygen atoms in total. The molecule has 0 aliphatic rings. The lowest BCUT2D eigenvalue weighted by molar-refractivity contribution is -0.137. The number of likely N-dealkylation sites (N-methyl/N-ethyl adjacent to an activating group) is 1. The zero-order valence-electron chi connectivity index (χ0n) is 17.9. The molecular weight excluding hydrogens is 421 g/mol. The number of nitrogens with one attached hydrogen (secondary N) is 1. The first kappa shape index (κ1) is 23.1. The molecule has 0 amide bonds. The Labute approximate surface area is 183 Å². The van der Waals surface area contributed by atoms with Crippen LogP contribution in [0.3, 0.4) is 0 Å². The first-order valence-electron chi connectivity index (χ1n) is 9.83. The minimum atomic E-state index is -4.56. The Morgan fingerprint density at radius 2 is 1.88 bits per heavy atom. The highest BCUT2D eigenvalue weighted by atomic mass is 19.4. The summed E-state index contributed by atoms with van der Waals surface area (Å²) in [5, 5.41) is 14.7. The fraction of sp³-hybridized carbons (Fsp3) is 0.273. The lowest BCUT2D eigenvalue weighted by atomic mass is 10.0. The number of rotatable bonds is 8. The quantitative estimate of drug-likeness (QED) is 0.326. The molecule has 168 valence electrons. The van der Waals surface area contributed by atoms with Gasteiger partial charge in [0.2, 0.25) is 0 Å². The second kappa shape index (κ2) is 9.73. The summed E-state index contributed by atoms with van der Waals surface area (Å²) < 4.78 is 40.9. The molecule has 32 heavy (non-hydrogen) atoms. The van der Waals surface area contributed by atoms with Crippen molar-refractivity contribution in [3.05, 3.63) is 77.2 Å². The molecule has 10 heteroatoms. The van der Waals surface area contributed by atoms with Crippen LogP contribution < -0.4 is 5.32 Å². The highest BCUT2D eigenvalue weighted by Gasteiger charge is 2.31. The van der Waals surface area contributed by atoms with Gasteiger partial charge in [-0.15, -0.1) is 5.10 Å². The summed E-state index contributed by atoms with van der Waals surface area (Å²) in [5.41, 5.74) is 0.685. The molecule has 0 fully saturated rings. The number of aromatic nitrogens is 4. The molecule has 0 aliphatic heterocycles. The Kier molecular flexibility index (Phi) is 7.04. The summed E-state index contributed by atoms with van der Waals surface area (Å²) in [5.74, 6) is -0.509. The second-order valence-electron chi connectivity index (χ2n) is 7.47. The lowest BCUT2D eigenvalue weighted by Gasteiger charge is -2.12. The number of hydrogen-bond donors (Lipinski definition) is 1. The number of carbonyl (C=O) groups is 1. The van der Waals surface area contributed by atoms with Gasteiger partial charge < -0.3 is 10.2 Å². The number of benzene rings is 2. The van der Waals surface area contributed by atoms with Gasteiger partial charge in [0.1, 0.15) is 0 Å². The molecule has 0 bridgehead atoms. The van der Waals surface area contributed by atoms with Crippen LogP contribution in [0.15, 0.2) is 54.7 Å². The van der Waals surface area contributed by atoms with Crippen molar-refractivity contribution in [2.24, 2.45) is 0 Å². The molecule has 0 saturated heterocycles. The van der Waals surface area contributed by atoms with Crippen LogP contribution >= 0.6 is 0 Å². The van der Waals surface area contributed by atoms with Gasteiger partial charge in [-0.1, -0.05) is 29.8 Å². The molecule has 1 N–H and O–H groups in total. The van der Waals surface area contributed by atoms with E-state index >= 15 is 0 Å². The van der Waals surface area contributed by atoms with Gasteiger partial charge >= 0.3 is 6.18 Å². The molecule has 3 aromatic rings. The zero-order chi connectivity index (χ0) is 23.3. The van der Waals surface area contributed by atoms with Gasteiger partial charge in [-0.05, 0) is 55.7 Å². The van der Waals surface area contributed by atoms with Crippen molar-refractivity contribution in [1.82, 2.24) is 30.4 Å². The maximum atomic E-state index is 13.3. The number of ketones is 1. The molecule has 0 unspecified atom stereocenters. The van der Waals surface area contributed by atoms with E-state index in [1.807, 2.05) is 38.1 Å². The van der Waals surface area contributed by atoms with Crippen LogP contribution in [0.2, 0.25) is 0 Å². The van der Waals surface area contributed by atoms with E-state index in [2.05, 4.69) is 20.8 Å². The highest BCUT2D eigenvalue weighted by molar-refractivity contribution is 6.28. The summed E-state index contributed by atoms with van der Waals surface area (Å²) in [7, 11) is 3.80. The van der Waals surface area contributed by atoms with Crippen LogP contribution in [-0.2, 0) is 6.18 Å². The van der Waals surface area contributed by atoms with E-state index in [0.29, 0.717) is 18.8 Å². The third-order valence-corrected chi connectivity index (χ3v) is 4.64. The Bertz CT molecular complexity index is 1100. The average molecular weight is 444 g/mol. The standard InChI is InChI=1S/C22H23F3N6O/c1-15-7-9-18(10-8-15)31-21(27-28-29-31)19(14-26-11-12-30(2)3)20(32)16-5-4-6-17(13-16)22(23,24)25/h4-10,13-14,26H,11-12H2,1-3H3. The summed E-state index contributed by atoms with van der Waals surface area (Å²) in [6.07, 6.45) is -3.11. The van der Waals surface area contributed by atoms with Crippen LogP contribution in [0, 0.1) is 6.92 Å². The molecule has 2 aromatic carbocycles. The van der Waals surface area contributed by atoms with E-state index in [9.17, 15) is 18.0 Å². The molecule has 0 radical (unpaired) electrons. The number of nitrogens with zero attached hydrogens (tertiary/aromatic N) is 5. The number of allylic oxidation sites excluding steroid dienone is 1. The molecule has 0 spiro atoms. The van der Waals surface area contributed by atoms with Gasteiger partial charge in [0, 0.05) is 24.9 Å². The number of hydrogen-bond acceptors (Lipinski definition) is 6. The van der Waals surface area contributed by atoms with Crippen molar-refractivity contribution in [3.8, 4) is 5.69 Å². The zero-order valence-corrected chi connectivity index (χ0v) is 17.9. The normalized spacial score (nSPS) is 12.3. The average Bonchev–Trinajstić information content (AvgIpc) is 3.22. The van der Waals surface area contributed by atoms with E-state index in [0.717, 1.165) is 17.7 Å².